The Morgan fingerprint density at radius 2 is 1.91 bits per heavy atom. The molecule has 0 spiro atoms. The number of nitrogens with one attached hydrogen (secondary N) is 1. The monoisotopic (exact) mass is 308 g/mol. The summed E-state index contributed by atoms with van der Waals surface area (Å²) < 4.78 is 40.6. The van der Waals surface area contributed by atoms with Crippen LogP contribution in [0.5, 0.6) is 0 Å². The topological polar surface area (TPSA) is 19.0 Å². The molecule has 1 atom stereocenters. The van der Waals surface area contributed by atoms with E-state index in [0.29, 0.717) is 17.5 Å². The molecule has 22 heavy (non-hydrogen) atoms. The minimum Gasteiger partial charge on any atom is -0.358 e. The maximum absolute atomic E-state index is 13.8. The van der Waals surface area contributed by atoms with Crippen molar-refractivity contribution in [3.8, 4) is 0 Å². The smallest absolute Gasteiger partial charge is 0.196 e. The van der Waals surface area contributed by atoms with E-state index < -0.39 is 17.5 Å². The summed E-state index contributed by atoms with van der Waals surface area (Å²) in [4.78, 5) is 5.32. The van der Waals surface area contributed by atoms with Crippen molar-refractivity contribution < 1.29 is 13.2 Å². The molecule has 0 radical (unpaired) electrons. The number of likely N-dealkylation sites (tertiary alicyclic amines) is 1. The van der Waals surface area contributed by atoms with Crippen molar-refractivity contribution in [3.63, 3.8) is 0 Å². The number of rotatable bonds is 3. The quantitative estimate of drug-likeness (QED) is 0.844. The third-order valence-electron chi connectivity index (χ3n) is 5.32. The molecule has 2 nitrogen and oxygen atoms in total. The summed E-state index contributed by atoms with van der Waals surface area (Å²) in [5.41, 5.74) is 0.950. The van der Waals surface area contributed by atoms with Gasteiger partial charge in [0.1, 0.15) is 0 Å². The Labute approximate surface area is 127 Å². The molecule has 2 aliphatic rings. The third kappa shape index (κ3) is 2.14. The van der Waals surface area contributed by atoms with Gasteiger partial charge in [-0.1, -0.05) is 6.42 Å². The number of H-pyrrole nitrogens is 1. The lowest BCUT2D eigenvalue weighted by atomic mass is 9.90. The molecule has 0 bridgehead atoms. The Bertz CT molecular complexity index is 705. The molecule has 4 rings (SSSR count). The number of hydrogen-bond donors (Lipinski definition) is 1. The van der Waals surface area contributed by atoms with Gasteiger partial charge < -0.3 is 4.98 Å². The van der Waals surface area contributed by atoms with Crippen molar-refractivity contribution in [2.45, 2.75) is 50.6 Å². The van der Waals surface area contributed by atoms with Crippen molar-refractivity contribution in [1.82, 2.24) is 9.88 Å². The van der Waals surface area contributed by atoms with Gasteiger partial charge in [0.2, 0.25) is 0 Å². The standard InChI is InChI=1S/C17H19F3N2/c18-14-8-13-10(9-21-17(13)16(20)15(14)19)7-12-5-2-6-22(12)11-3-1-4-11/h8-9,11-12,21H,1-7H2/t12-/m1/s1. The first-order valence-electron chi connectivity index (χ1n) is 8.04. The van der Waals surface area contributed by atoms with Crippen LogP contribution in [0.15, 0.2) is 12.3 Å². The van der Waals surface area contributed by atoms with Crippen molar-refractivity contribution in [3.05, 3.63) is 35.3 Å². The van der Waals surface area contributed by atoms with Gasteiger partial charge in [-0.25, -0.2) is 13.2 Å². The van der Waals surface area contributed by atoms with E-state index in [0.717, 1.165) is 31.0 Å². The average Bonchev–Trinajstić information content (AvgIpc) is 3.04. The van der Waals surface area contributed by atoms with Gasteiger partial charge in [-0.05, 0) is 50.3 Å². The number of nitrogens with zero attached hydrogens (tertiary/aromatic N) is 1. The number of hydrogen-bond acceptors (Lipinski definition) is 1. The van der Waals surface area contributed by atoms with Crippen LogP contribution in [0.25, 0.3) is 10.9 Å². The maximum atomic E-state index is 13.8. The first kappa shape index (κ1) is 14.1. The fraction of sp³-hybridized carbons (Fsp3) is 0.529. The number of halogens is 3. The SMILES string of the molecule is Fc1cc2c(C[C@H]3CCCN3C3CCC3)c[nH]c2c(F)c1F. The van der Waals surface area contributed by atoms with Crippen molar-refractivity contribution in [1.29, 1.82) is 0 Å². The fourth-order valence-corrected chi connectivity index (χ4v) is 3.93. The first-order chi connectivity index (χ1) is 10.6. The second-order valence-electron chi connectivity index (χ2n) is 6.55. The van der Waals surface area contributed by atoms with Gasteiger partial charge in [0.15, 0.2) is 17.5 Å². The van der Waals surface area contributed by atoms with E-state index in [1.165, 1.54) is 25.7 Å². The van der Waals surface area contributed by atoms with Crippen LogP contribution in [0, 0.1) is 17.5 Å². The molecule has 1 saturated heterocycles. The third-order valence-corrected chi connectivity index (χ3v) is 5.32. The van der Waals surface area contributed by atoms with E-state index in [4.69, 9.17) is 0 Å². The number of benzene rings is 1. The summed E-state index contributed by atoms with van der Waals surface area (Å²) in [6.07, 6.45) is 8.59. The zero-order valence-electron chi connectivity index (χ0n) is 12.3. The summed E-state index contributed by atoms with van der Waals surface area (Å²) in [5, 5.41) is 0.469. The molecule has 2 heterocycles. The van der Waals surface area contributed by atoms with Crippen LogP contribution >= 0.6 is 0 Å². The zero-order valence-corrected chi connectivity index (χ0v) is 12.3. The zero-order chi connectivity index (χ0) is 15.3. The molecule has 118 valence electrons. The number of fused-ring (bicyclic) bond motifs is 1. The predicted octanol–water partition coefficient (Wildman–Crippen LogP) is 4.14. The van der Waals surface area contributed by atoms with Gasteiger partial charge in [0.05, 0.1) is 5.52 Å². The Morgan fingerprint density at radius 3 is 2.64 bits per heavy atom. The van der Waals surface area contributed by atoms with Gasteiger partial charge in [-0.15, -0.1) is 0 Å². The van der Waals surface area contributed by atoms with Crippen LogP contribution in [-0.2, 0) is 6.42 Å². The molecule has 0 unspecified atom stereocenters. The van der Waals surface area contributed by atoms with Crippen LogP contribution in [-0.4, -0.2) is 28.5 Å². The van der Waals surface area contributed by atoms with E-state index >= 15 is 0 Å². The summed E-state index contributed by atoms with van der Waals surface area (Å²) in [5.74, 6) is -3.64. The first-order valence-corrected chi connectivity index (χ1v) is 8.04. The van der Waals surface area contributed by atoms with Crippen molar-refractivity contribution >= 4 is 10.9 Å². The second kappa shape index (κ2) is 5.30. The molecule has 1 saturated carbocycles. The lowest BCUT2D eigenvalue weighted by Crippen LogP contribution is -2.43. The largest absolute Gasteiger partial charge is 0.358 e. The van der Waals surface area contributed by atoms with E-state index in [1.807, 2.05) is 0 Å². The average molecular weight is 308 g/mol. The normalized spacial score (nSPS) is 23.3. The van der Waals surface area contributed by atoms with E-state index in [9.17, 15) is 13.2 Å². The minimum absolute atomic E-state index is 0.0714. The molecular formula is C17H19F3N2. The van der Waals surface area contributed by atoms with Gasteiger partial charge in [-0.2, -0.15) is 0 Å². The highest BCUT2D eigenvalue weighted by atomic mass is 19.2. The van der Waals surface area contributed by atoms with E-state index in [2.05, 4.69) is 9.88 Å². The van der Waals surface area contributed by atoms with Crippen molar-refractivity contribution in [2.24, 2.45) is 0 Å². The molecule has 2 fully saturated rings. The van der Waals surface area contributed by atoms with Gasteiger partial charge in [0.25, 0.3) is 0 Å². The summed E-state index contributed by atoms with van der Waals surface area (Å²) in [6, 6.07) is 2.23. The van der Waals surface area contributed by atoms with Crippen LogP contribution in [0.3, 0.4) is 0 Å². The van der Waals surface area contributed by atoms with Gasteiger partial charge >= 0.3 is 0 Å². The number of aromatic nitrogens is 1. The Balaban J connectivity index is 1.64. The Hall–Kier alpha value is -1.49. The lowest BCUT2D eigenvalue weighted by Gasteiger charge is -2.38. The van der Waals surface area contributed by atoms with Gasteiger partial charge in [-0.3, -0.25) is 4.90 Å². The Morgan fingerprint density at radius 1 is 1.09 bits per heavy atom. The fourth-order valence-electron chi connectivity index (χ4n) is 3.93. The van der Waals surface area contributed by atoms with Crippen LogP contribution in [0.1, 0.15) is 37.7 Å². The van der Waals surface area contributed by atoms with Gasteiger partial charge in [0, 0.05) is 23.7 Å². The molecule has 1 aliphatic carbocycles. The van der Waals surface area contributed by atoms with Crippen LogP contribution in [0.4, 0.5) is 13.2 Å². The van der Waals surface area contributed by atoms with E-state index in [1.54, 1.807) is 6.20 Å². The van der Waals surface area contributed by atoms with E-state index in [-0.39, 0.29) is 5.52 Å². The maximum Gasteiger partial charge on any atom is 0.196 e. The number of aromatic amines is 1. The summed E-state index contributed by atoms with van der Waals surface area (Å²) in [7, 11) is 0. The lowest BCUT2D eigenvalue weighted by molar-refractivity contribution is 0.114. The molecule has 1 N–H and O–H groups in total. The predicted molar refractivity (Wildman–Crippen MR) is 79.2 cm³/mol. The highest BCUT2D eigenvalue weighted by Crippen LogP contribution is 2.34. The molecule has 5 heteroatoms. The molecular weight excluding hydrogens is 289 g/mol. The molecule has 1 aliphatic heterocycles. The molecule has 2 aromatic rings. The second-order valence-corrected chi connectivity index (χ2v) is 6.55. The Kier molecular flexibility index (Phi) is 3.40. The van der Waals surface area contributed by atoms with Crippen molar-refractivity contribution in [2.75, 3.05) is 6.54 Å². The molecule has 1 aromatic carbocycles. The molecule has 0 amide bonds. The highest BCUT2D eigenvalue weighted by molar-refractivity contribution is 5.84. The van der Waals surface area contributed by atoms with Crippen LogP contribution < -0.4 is 0 Å². The minimum atomic E-state index is -1.40. The summed E-state index contributed by atoms with van der Waals surface area (Å²) >= 11 is 0. The molecule has 1 aromatic heterocycles. The highest BCUT2D eigenvalue weighted by Gasteiger charge is 2.34. The summed E-state index contributed by atoms with van der Waals surface area (Å²) in [6.45, 7) is 1.12. The van der Waals surface area contributed by atoms with Crippen LogP contribution in [0.2, 0.25) is 0 Å².